The fourth-order valence-corrected chi connectivity index (χ4v) is 5.57. The molecule has 54 heavy (non-hydrogen) atoms. The summed E-state index contributed by atoms with van der Waals surface area (Å²) in [7, 11) is 3.97. The Morgan fingerprint density at radius 1 is 0.593 bits per heavy atom. The van der Waals surface area contributed by atoms with Gasteiger partial charge in [-0.25, -0.2) is 4.79 Å². The Morgan fingerprint density at radius 2 is 0.981 bits per heavy atom. The third-order valence-electron chi connectivity index (χ3n) is 8.21. The van der Waals surface area contributed by atoms with Crippen LogP contribution in [0.2, 0.25) is 0 Å². The van der Waals surface area contributed by atoms with Gasteiger partial charge in [-0.05, 0) is 12.1 Å². The van der Waals surface area contributed by atoms with Crippen molar-refractivity contribution in [3.8, 4) is 11.5 Å². The third kappa shape index (κ3) is 14.1. The molecule has 3 rings (SSSR count). The van der Waals surface area contributed by atoms with Gasteiger partial charge in [0, 0.05) is 34.1 Å². The molecule has 1 aromatic carbocycles. The SMILES string of the molecule is COC(=O)c1cc(OCCOCCOC[C@H]2O[C@H](OC)[C@H](NC(C)=O)[C@@H](O)[C@H]2O)cc(OCCOCCOC[C@H]2O[C@H](OC)[C@H](NC(C)=O)[C@@H](O)[C@H]2O)c1. The van der Waals surface area contributed by atoms with E-state index < -0.39 is 79.1 Å². The smallest absolute Gasteiger partial charge is 0.338 e. The zero-order valence-electron chi connectivity index (χ0n) is 31.1. The standard InChI is InChI=1S/C34H54N2O18/c1-19(37)35-26-30(41)28(39)24(53-33(26)45-4)17-49-8-6-47-10-12-51-22-14-21(32(43)44-3)15-23(16-22)52-13-11-48-7-9-50-18-25-29(40)31(42)27(36-20(2)38)34(46-5)54-25/h14-16,24-31,33-34,39-42H,6-13,17-18H2,1-5H3,(H,35,37)(H,36,38)/t24-,25-,26-,27-,28+,29+,30-,31-,33+,34+/m1/s1. The minimum absolute atomic E-state index is 0.0572. The molecular formula is C34H54N2O18. The lowest BCUT2D eigenvalue weighted by Gasteiger charge is -2.42. The Hall–Kier alpha value is -3.25. The van der Waals surface area contributed by atoms with E-state index in [0.29, 0.717) is 11.5 Å². The summed E-state index contributed by atoms with van der Waals surface area (Å²) in [6.07, 6.45) is -9.00. The van der Waals surface area contributed by atoms with E-state index in [1.165, 1.54) is 47.3 Å². The van der Waals surface area contributed by atoms with Gasteiger partial charge in [0.1, 0.15) is 73.4 Å². The number of benzene rings is 1. The maximum Gasteiger partial charge on any atom is 0.338 e. The number of nitrogens with one attached hydrogen (secondary N) is 2. The van der Waals surface area contributed by atoms with Gasteiger partial charge >= 0.3 is 5.97 Å². The average molecular weight is 779 g/mol. The molecule has 308 valence electrons. The summed E-state index contributed by atoms with van der Waals surface area (Å²) in [5.74, 6) is -0.722. The number of ether oxygens (including phenoxy) is 11. The Balaban J connectivity index is 1.32. The van der Waals surface area contributed by atoms with Crippen LogP contribution in [0.3, 0.4) is 0 Å². The Kier molecular flexibility index (Phi) is 19.7. The summed E-state index contributed by atoms with van der Waals surface area (Å²) in [5.41, 5.74) is 0.210. The first-order valence-electron chi connectivity index (χ1n) is 17.3. The molecular weight excluding hydrogens is 724 g/mol. The van der Waals surface area contributed by atoms with Crippen LogP contribution in [0.4, 0.5) is 0 Å². The first kappa shape index (κ1) is 45.1. The monoisotopic (exact) mass is 778 g/mol. The summed E-state index contributed by atoms with van der Waals surface area (Å²) in [6, 6.07) is 2.73. The van der Waals surface area contributed by atoms with Crippen molar-refractivity contribution in [1.29, 1.82) is 0 Å². The van der Waals surface area contributed by atoms with Gasteiger partial charge in [-0.2, -0.15) is 0 Å². The zero-order chi connectivity index (χ0) is 39.6. The number of rotatable bonds is 23. The number of aliphatic hydroxyl groups excluding tert-OH is 4. The Labute approximate surface area is 313 Å². The van der Waals surface area contributed by atoms with E-state index in [9.17, 15) is 34.8 Å². The van der Waals surface area contributed by atoms with Crippen LogP contribution < -0.4 is 20.1 Å². The van der Waals surface area contributed by atoms with Crippen molar-refractivity contribution < 1.29 is 86.9 Å². The van der Waals surface area contributed by atoms with Crippen LogP contribution in [0.25, 0.3) is 0 Å². The molecule has 0 bridgehead atoms. The molecule has 2 heterocycles. The lowest BCUT2D eigenvalue weighted by Crippen LogP contribution is -2.64. The molecule has 0 saturated carbocycles. The van der Waals surface area contributed by atoms with E-state index >= 15 is 0 Å². The highest BCUT2D eigenvalue weighted by Crippen LogP contribution is 2.25. The van der Waals surface area contributed by atoms with Crippen LogP contribution in [-0.2, 0) is 52.2 Å². The van der Waals surface area contributed by atoms with Crippen molar-refractivity contribution in [2.75, 3.05) is 87.4 Å². The molecule has 2 fully saturated rings. The second kappa shape index (κ2) is 23.6. The largest absolute Gasteiger partial charge is 0.491 e. The first-order chi connectivity index (χ1) is 25.9. The van der Waals surface area contributed by atoms with Gasteiger partial charge in [0.25, 0.3) is 0 Å². The van der Waals surface area contributed by atoms with E-state index in [4.69, 9.17) is 52.1 Å². The van der Waals surface area contributed by atoms with Gasteiger partial charge in [0.05, 0.1) is 65.5 Å². The van der Waals surface area contributed by atoms with Crippen molar-refractivity contribution in [2.24, 2.45) is 0 Å². The van der Waals surface area contributed by atoms with E-state index in [1.54, 1.807) is 6.07 Å². The van der Waals surface area contributed by atoms with Gasteiger partial charge in [-0.1, -0.05) is 0 Å². The molecule has 0 radical (unpaired) electrons. The summed E-state index contributed by atoms with van der Waals surface area (Å²) >= 11 is 0. The highest BCUT2D eigenvalue weighted by atomic mass is 16.7. The van der Waals surface area contributed by atoms with Gasteiger partial charge in [0.2, 0.25) is 11.8 Å². The second-order valence-electron chi connectivity index (χ2n) is 12.2. The van der Waals surface area contributed by atoms with Gasteiger partial charge < -0.3 is 83.2 Å². The van der Waals surface area contributed by atoms with Crippen molar-refractivity contribution in [3.05, 3.63) is 23.8 Å². The van der Waals surface area contributed by atoms with Crippen molar-refractivity contribution >= 4 is 17.8 Å². The van der Waals surface area contributed by atoms with E-state index in [1.807, 2.05) is 0 Å². The molecule has 0 spiro atoms. The van der Waals surface area contributed by atoms with Crippen molar-refractivity contribution in [1.82, 2.24) is 10.6 Å². The lowest BCUT2D eigenvalue weighted by molar-refractivity contribution is -0.265. The fourth-order valence-electron chi connectivity index (χ4n) is 5.57. The van der Waals surface area contributed by atoms with Crippen molar-refractivity contribution in [2.45, 2.75) is 75.1 Å². The summed E-state index contributed by atoms with van der Waals surface area (Å²) < 4.78 is 60.2. The molecule has 0 unspecified atom stereocenters. The molecule has 2 amide bonds. The minimum Gasteiger partial charge on any atom is -0.491 e. The van der Waals surface area contributed by atoms with Crippen LogP contribution >= 0.6 is 0 Å². The number of carbonyl (C=O) groups excluding carboxylic acids is 3. The number of esters is 1. The van der Waals surface area contributed by atoms with Gasteiger partial charge in [0.15, 0.2) is 12.6 Å². The maximum absolute atomic E-state index is 12.2. The van der Waals surface area contributed by atoms with E-state index in [2.05, 4.69) is 10.6 Å². The molecule has 0 aliphatic carbocycles. The number of hydrogen-bond donors (Lipinski definition) is 6. The summed E-state index contributed by atoms with van der Waals surface area (Å²) in [5, 5.41) is 46.6. The molecule has 1 aromatic rings. The van der Waals surface area contributed by atoms with Crippen molar-refractivity contribution in [3.63, 3.8) is 0 Å². The quantitative estimate of drug-likeness (QED) is 0.0495. The number of methoxy groups -OCH3 is 3. The van der Waals surface area contributed by atoms with E-state index in [0.717, 1.165) is 0 Å². The Morgan fingerprint density at radius 3 is 1.35 bits per heavy atom. The lowest BCUT2D eigenvalue weighted by atomic mass is 9.97. The molecule has 20 nitrogen and oxygen atoms in total. The predicted molar refractivity (Wildman–Crippen MR) is 183 cm³/mol. The normalized spacial score (nSPS) is 28.2. The van der Waals surface area contributed by atoms with Crippen LogP contribution in [-0.4, -0.2) is 187 Å². The minimum atomic E-state index is -1.32. The maximum atomic E-state index is 12.2. The predicted octanol–water partition coefficient (Wildman–Crippen LogP) is -2.51. The molecule has 2 saturated heterocycles. The molecule has 2 aliphatic rings. The Bertz CT molecular complexity index is 1200. The molecule has 6 N–H and O–H groups in total. The average Bonchev–Trinajstić information content (AvgIpc) is 3.15. The number of aliphatic hydroxyl groups is 4. The molecule has 2 aliphatic heterocycles. The second-order valence-corrected chi connectivity index (χ2v) is 12.2. The summed E-state index contributed by atoms with van der Waals surface area (Å²) in [4.78, 5) is 35.1. The third-order valence-corrected chi connectivity index (χ3v) is 8.21. The van der Waals surface area contributed by atoms with Gasteiger partial charge in [-0.3, -0.25) is 9.59 Å². The van der Waals surface area contributed by atoms with Crippen LogP contribution in [0.5, 0.6) is 11.5 Å². The molecule has 0 aromatic heterocycles. The van der Waals surface area contributed by atoms with Crippen LogP contribution in [0.1, 0.15) is 24.2 Å². The highest BCUT2D eigenvalue weighted by Gasteiger charge is 2.46. The first-order valence-corrected chi connectivity index (χ1v) is 17.3. The molecule has 10 atom stereocenters. The van der Waals surface area contributed by atoms with Gasteiger partial charge in [-0.15, -0.1) is 0 Å². The highest BCUT2D eigenvalue weighted by molar-refractivity contribution is 5.90. The number of hydrogen-bond acceptors (Lipinski definition) is 18. The zero-order valence-corrected chi connectivity index (χ0v) is 31.1. The molecule has 20 heteroatoms. The number of amides is 2. The van der Waals surface area contributed by atoms with E-state index in [-0.39, 0.29) is 71.6 Å². The van der Waals surface area contributed by atoms with Crippen LogP contribution in [0, 0.1) is 0 Å². The summed E-state index contributed by atoms with van der Waals surface area (Å²) in [6.45, 7) is 3.75. The fraction of sp³-hybridized carbons (Fsp3) is 0.735. The number of carbonyl (C=O) groups is 3. The van der Waals surface area contributed by atoms with Crippen LogP contribution in [0.15, 0.2) is 18.2 Å². The topological polar surface area (TPSA) is 258 Å².